The summed E-state index contributed by atoms with van der Waals surface area (Å²) < 4.78 is 29.7. The highest BCUT2D eigenvalue weighted by Crippen LogP contribution is 2.17. The van der Waals surface area contributed by atoms with Crippen molar-refractivity contribution >= 4 is 40.0 Å². The van der Waals surface area contributed by atoms with Gasteiger partial charge in [0.25, 0.3) is 0 Å². The van der Waals surface area contributed by atoms with Gasteiger partial charge in [-0.1, -0.05) is 18.2 Å². The fourth-order valence-corrected chi connectivity index (χ4v) is 2.41. The quantitative estimate of drug-likeness (QED) is 0.219. The number of benzene rings is 1. The number of nitrogens with one attached hydrogen (secondary N) is 3. The smallest absolute Gasteiger partial charge is 0.208 e. The van der Waals surface area contributed by atoms with Crippen LogP contribution < -0.4 is 20.1 Å². The van der Waals surface area contributed by atoms with Crippen molar-refractivity contribution in [1.82, 2.24) is 15.4 Å². The maximum absolute atomic E-state index is 11.0. The highest BCUT2D eigenvalue weighted by atomic mass is 127. The minimum absolute atomic E-state index is 0. The molecule has 24 heavy (non-hydrogen) atoms. The number of hydrogen-bond acceptors (Lipinski definition) is 4. The first-order valence-corrected chi connectivity index (χ1v) is 9.44. The van der Waals surface area contributed by atoms with E-state index in [2.05, 4.69) is 20.3 Å². The van der Waals surface area contributed by atoms with Crippen molar-refractivity contribution in [3.8, 4) is 5.75 Å². The van der Waals surface area contributed by atoms with E-state index in [0.717, 1.165) is 24.1 Å². The standard InChI is InChI=1S/C15H26N4O3S.HI/c1-4-16-15(17-10-7-11-19-23(3,20)21)18-12-13-8-5-6-9-14(13)22-2;/h5-6,8-9,19H,4,7,10-12H2,1-3H3,(H2,16,17,18);1H. The Kier molecular flexibility index (Phi) is 11.8. The number of guanidine groups is 1. The molecule has 0 aliphatic heterocycles. The van der Waals surface area contributed by atoms with E-state index in [1.807, 2.05) is 31.2 Å². The van der Waals surface area contributed by atoms with Crippen LogP contribution in [0.1, 0.15) is 18.9 Å². The number of ether oxygens (including phenoxy) is 1. The summed E-state index contributed by atoms with van der Waals surface area (Å²) in [6.45, 7) is 4.27. The molecule has 0 fully saturated rings. The van der Waals surface area contributed by atoms with Gasteiger partial charge >= 0.3 is 0 Å². The highest BCUT2D eigenvalue weighted by Gasteiger charge is 2.03. The average molecular weight is 470 g/mol. The molecule has 0 atom stereocenters. The Hall–Kier alpha value is -1.07. The third kappa shape index (κ3) is 9.93. The number of rotatable bonds is 9. The first-order chi connectivity index (χ1) is 11.0. The Labute approximate surface area is 161 Å². The highest BCUT2D eigenvalue weighted by molar-refractivity contribution is 14.0. The summed E-state index contributed by atoms with van der Waals surface area (Å²) in [4.78, 5) is 4.51. The minimum Gasteiger partial charge on any atom is -0.496 e. The molecule has 1 aromatic rings. The van der Waals surface area contributed by atoms with E-state index >= 15 is 0 Å². The van der Waals surface area contributed by atoms with Gasteiger partial charge in [0.2, 0.25) is 10.0 Å². The predicted molar refractivity (Wildman–Crippen MR) is 109 cm³/mol. The van der Waals surface area contributed by atoms with Crippen LogP contribution in [0.4, 0.5) is 0 Å². The zero-order valence-electron chi connectivity index (χ0n) is 14.3. The van der Waals surface area contributed by atoms with Gasteiger partial charge in [-0.25, -0.2) is 18.1 Å². The third-order valence-electron chi connectivity index (χ3n) is 2.95. The lowest BCUT2D eigenvalue weighted by atomic mass is 10.2. The normalized spacial score (nSPS) is 11.5. The second-order valence-corrected chi connectivity index (χ2v) is 6.79. The van der Waals surface area contributed by atoms with Crippen LogP contribution in [0, 0.1) is 0 Å². The SMILES string of the molecule is CCNC(=NCc1ccccc1OC)NCCCNS(C)(=O)=O.I. The van der Waals surface area contributed by atoms with Crippen molar-refractivity contribution in [1.29, 1.82) is 0 Å². The van der Waals surface area contributed by atoms with E-state index in [9.17, 15) is 8.42 Å². The summed E-state index contributed by atoms with van der Waals surface area (Å²) in [6.07, 6.45) is 1.82. The lowest BCUT2D eigenvalue weighted by molar-refractivity contribution is 0.410. The van der Waals surface area contributed by atoms with Crippen LogP contribution in [0.3, 0.4) is 0 Å². The van der Waals surface area contributed by atoms with Crippen molar-refractivity contribution in [3.05, 3.63) is 29.8 Å². The molecular weight excluding hydrogens is 443 g/mol. The van der Waals surface area contributed by atoms with Crippen molar-refractivity contribution < 1.29 is 13.2 Å². The predicted octanol–water partition coefficient (Wildman–Crippen LogP) is 1.31. The van der Waals surface area contributed by atoms with Gasteiger partial charge in [0.05, 0.1) is 19.9 Å². The molecule has 138 valence electrons. The average Bonchev–Trinajstić information content (AvgIpc) is 2.51. The molecule has 3 N–H and O–H groups in total. The molecule has 0 radical (unpaired) electrons. The summed E-state index contributed by atoms with van der Waals surface area (Å²) in [6, 6.07) is 7.75. The van der Waals surface area contributed by atoms with Crippen LogP contribution in [0.15, 0.2) is 29.3 Å². The molecule has 1 aromatic carbocycles. The third-order valence-corrected chi connectivity index (χ3v) is 3.68. The maximum Gasteiger partial charge on any atom is 0.208 e. The Morgan fingerprint density at radius 2 is 1.92 bits per heavy atom. The van der Waals surface area contributed by atoms with E-state index in [1.54, 1.807) is 7.11 Å². The molecule has 0 aromatic heterocycles. The summed E-state index contributed by atoms with van der Waals surface area (Å²) in [5, 5.41) is 6.33. The van der Waals surface area contributed by atoms with Crippen LogP contribution in [-0.2, 0) is 16.6 Å². The number of halogens is 1. The van der Waals surface area contributed by atoms with Gasteiger partial charge in [-0.2, -0.15) is 0 Å². The lowest BCUT2D eigenvalue weighted by Gasteiger charge is -2.12. The van der Waals surface area contributed by atoms with Crippen molar-refractivity contribution in [2.24, 2.45) is 4.99 Å². The number of hydrogen-bond donors (Lipinski definition) is 3. The Balaban J connectivity index is 0.00000529. The van der Waals surface area contributed by atoms with E-state index in [-0.39, 0.29) is 24.0 Å². The molecule has 0 unspecified atom stereocenters. The van der Waals surface area contributed by atoms with Crippen LogP contribution in [-0.4, -0.2) is 47.4 Å². The fourth-order valence-electron chi connectivity index (χ4n) is 1.89. The largest absolute Gasteiger partial charge is 0.496 e. The fraction of sp³-hybridized carbons (Fsp3) is 0.533. The van der Waals surface area contributed by atoms with Crippen molar-refractivity contribution in [2.45, 2.75) is 19.9 Å². The van der Waals surface area contributed by atoms with Gasteiger partial charge in [-0.05, 0) is 19.4 Å². The molecule has 0 heterocycles. The van der Waals surface area contributed by atoms with Crippen LogP contribution >= 0.6 is 24.0 Å². The number of sulfonamides is 1. The molecule has 0 aliphatic rings. The molecular formula is C15H27IN4O3S. The molecule has 0 amide bonds. The van der Waals surface area contributed by atoms with E-state index in [1.165, 1.54) is 0 Å². The van der Waals surface area contributed by atoms with Gasteiger partial charge < -0.3 is 15.4 Å². The molecule has 0 saturated carbocycles. The Bertz CT molecular complexity index is 608. The Morgan fingerprint density at radius 3 is 2.54 bits per heavy atom. The summed E-state index contributed by atoms with van der Waals surface area (Å²) in [5.41, 5.74) is 1.01. The van der Waals surface area contributed by atoms with Crippen molar-refractivity contribution in [3.63, 3.8) is 0 Å². The maximum atomic E-state index is 11.0. The molecule has 0 saturated heterocycles. The minimum atomic E-state index is -3.13. The molecule has 0 aliphatic carbocycles. The second kappa shape index (κ2) is 12.3. The van der Waals surface area contributed by atoms with Gasteiger partial charge in [0.1, 0.15) is 5.75 Å². The zero-order chi connectivity index (χ0) is 17.1. The Morgan fingerprint density at radius 1 is 1.21 bits per heavy atom. The first kappa shape index (κ1) is 22.9. The van der Waals surface area contributed by atoms with Gasteiger partial charge in [0, 0.05) is 25.2 Å². The van der Waals surface area contributed by atoms with Crippen LogP contribution in [0.5, 0.6) is 5.75 Å². The topological polar surface area (TPSA) is 91.8 Å². The first-order valence-electron chi connectivity index (χ1n) is 7.55. The monoisotopic (exact) mass is 470 g/mol. The van der Waals surface area contributed by atoms with Crippen LogP contribution in [0.2, 0.25) is 0 Å². The molecule has 0 bridgehead atoms. The number of methoxy groups -OCH3 is 1. The molecule has 9 heteroatoms. The van der Waals surface area contributed by atoms with E-state index in [4.69, 9.17) is 4.74 Å². The van der Waals surface area contributed by atoms with Gasteiger partial charge in [0.15, 0.2) is 5.96 Å². The van der Waals surface area contributed by atoms with E-state index < -0.39 is 10.0 Å². The second-order valence-electron chi connectivity index (χ2n) is 4.95. The lowest BCUT2D eigenvalue weighted by Crippen LogP contribution is -2.38. The van der Waals surface area contributed by atoms with E-state index in [0.29, 0.717) is 32.0 Å². The van der Waals surface area contributed by atoms with Gasteiger partial charge in [-0.15, -0.1) is 24.0 Å². The van der Waals surface area contributed by atoms with Crippen LogP contribution in [0.25, 0.3) is 0 Å². The summed E-state index contributed by atoms with van der Waals surface area (Å²) in [7, 11) is -1.49. The molecule has 0 spiro atoms. The van der Waals surface area contributed by atoms with Crippen molar-refractivity contribution in [2.75, 3.05) is 33.0 Å². The number of para-hydroxylation sites is 1. The number of aliphatic imine (C=N–C) groups is 1. The molecule has 1 rings (SSSR count). The summed E-state index contributed by atoms with van der Waals surface area (Å²) >= 11 is 0. The number of nitrogens with zero attached hydrogens (tertiary/aromatic N) is 1. The zero-order valence-corrected chi connectivity index (χ0v) is 17.5. The molecule has 7 nitrogen and oxygen atoms in total. The summed E-state index contributed by atoms with van der Waals surface area (Å²) in [5.74, 6) is 1.50. The van der Waals surface area contributed by atoms with Gasteiger partial charge in [-0.3, -0.25) is 0 Å².